The number of hydrogen-bond donors (Lipinski definition) is 2. The number of carbonyl (C=O) groups is 1. The molecule has 1 saturated heterocycles. The van der Waals surface area contributed by atoms with Crippen molar-refractivity contribution in [3.05, 3.63) is 52.7 Å². The molecule has 116 valence electrons. The van der Waals surface area contributed by atoms with Gasteiger partial charge in [0.1, 0.15) is 0 Å². The number of rotatable bonds is 3. The molecule has 4 nitrogen and oxygen atoms in total. The van der Waals surface area contributed by atoms with E-state index in [4.69, 9.17) is 5.73 Å². The zero-order valence-corrected chi connectivity index (χ0v) is 13.3. The van der Waals surface area contributed by atoms with Gasteiger partial charge in [0.25, 0.3) is 0 Å². The molecule has 1 fully saturated rings. The number of piperidine rings is 1. The average molecular weight is 315 g/mol. The Morgan fingerprint density at radius 2 is 2.09 bits per heavy atom. The Morgan fingerprint density at radius 1 is 1.27 bits per heavy atom. The fourth-order valence-electron chi connectivity index (χ4n) is 3.03. The van der Waals surface area contributed by atoms with Crippen LogP contribution in [0.4, 0.5) is 10.5 Å². The summed E-state index contributed by atoms with van der Waals surface area (Å²) in [5.74, 6) is 0.430. The second-order valence-electron chi connectivity index (χ2n) is 5.90. The lowest BCUT2D eigenvalue weighted by atomic mass is 9.90. The summed E-state index contributed by atoms with van der Waals surface area (Å²) in [5.41, 5.74) is 8.32. The Balaban J connectivity index is 1.61. The van der Waals surface area contributed by atoms with Gasteiger partial charge in [0, 0.05) is 24.8 Å². The van der Waals surface area contributed by atoms with Gasteiger partial charge in [0.2, 0.25) is 0 Å². The third-order valence-electron chi connectivity index (χ3n) is 3.99. The highest BCUT2D eigenvalue weighted by molar-refractivity contribution is 7.07. The van der Waals surface area contributed by atoms with Crippen LogP contribution in [0.1, 0.15) is 12.0 Å². The van der Waals surface area contributed by atoms with E-state index in [1.165, 1.54) is 5.56 Å². The molecular formula is C17H21N3OS. The van der Waals surface area contributed by atoms with Crippen molar-refractivity contribution in [1.82, 2.24) is 4.90 Å². The highest BCUT2D eigenvalue weighted by Crippen LogP contribution is 2.22. The number of likely N-dealkylation sites (tertiary alicyclic amines) is 1. The van der Waals surface area contributed by atoms with Crippen molar-refractivity contribution < 1.29 is 4.79 Å². The first-order valence-corrected chi connectivity index (χ1v) is 8.52. The van der Waals surface area contributed by atoms with E-state index in [0.717, 1.165) is 25.1 Å². The standard InChI is InChI=1S/C17H21N3OS/c18-15-9-14(8-13-6-7-22-12-13)10-20(11-15)17(21)19-16-4-2-1-3-5-16/h1-7,12,14-15H,8-11,18H2,(H,19,21). The van der Waals surface area contributed by atoms with E-state index in [-0.39, 0.29) is 12.1 Å². The van der Waals surface area contributed by atoms with Crippen molar-refractivity contribution >= 4 is 23.1 Å². The molecule has 3 N–H and O–H groups in total. The Bertz CT molecular complexity index is 600. The maximum Gasteiger partial charge on any atom is 0.321 e. The molecule has 2 aromatic rings. The molecule has 2 amide bonds. The molecule has 2 unspecified atom stereocenters. The van der Waals surface area contributed by atoms with Gasteiger partial charge >= 0.3 is 6.03 Å². The van der Waals surface area contributed by atoms with Crippen LogP contribution in [-0.2, 0) is 6.42 Å². The van der Waals surface area contributed by atoms with Gasteiger partial charge in [0.15, 0.2) is 0 Å². The van der Waals surface area contributed by atoms with Crippen LogP contribution in [0.15, 0.2) is 47.2 Å². The maximum absolute atomic E-state index is 12.4. The van der Waals surface area contributed by atoms with Crippen molar-refractivity contribution in [1.29, 1.82) is 0 Å². The lowest BCUT2D eigenvalue weighted by Crippen LogP contribution is -2.51. The van der Waals surface area contributed by atoms with E-state index in [1.54, 1.807) is 11.3 Å². The van der Waals surface area contributed by atoms with Crippen LogP contribution in [0, 0.1) is 5.92 Å². The minimum Gasteiger partial charge on any atom is -0.326 e. The van der Waals surface area contributed by atoms with Crippen molar-refractivity contribution in [2.75, 3.05) is 18.4 Å². The van der Waals surface area contributed by atoms with Gasteiger partial charge in [-0.15, -0.1) is 0 Å². The largest absolute Gasteiger partial charge is 0.326 e. The number of amides is 2. The summed E-state index contributed by atoms with van der Waals surface area (Å²) >= 11 is 1.71. The first-order valence-electron chi connectivity index (χ1n) is 7.58. The molecule has 3 rings (SSSR count). The summed E-state index contributed by atoms with van der Waals surface area (Å²) in [6.07, 6.45) is 1.97. The summed E-state index contributed by atoms with van der Waals surface area (Å²) in [7, 11) is 0. The van der Waals surface area contributed by atoms with Crippen LogP contribution in [0.5, 0.6) is 0 Å². The number of nitrogens with two attached hydrogens (primary N) is 1. The Kier molecular flexibility index (Phi) is 4.75. The average Bonchev–Trinajstić information content (AvgIpc) is 3.00. The van der Waals surface area contributed by atoms with Gasteiger partial charge in [-0.3, -0.25) is 0 Å². The number of thiophene rings is 1. The van der Waals surface area contributed by atoms with Gasteiger partial charge in [0.05, 0.1) is 0 Å². The Labute approximate surface area is 134 Å². The minimum absolute atomic E-state index is 0.0545. The van der Waals surface area contributed by atoms with Crippen LogP contribution in [0.25, 0.3) is 0 Å². The third-order valence-corrected chi connectivity index (χ3v) is 4.72. The molecule has 0 radical (unpaired) electrons. The molecule has 0 aliphatic carbocycles. The molecule has 2 atom stereocenters. The normalized spacial score (nSPS) is 21.6. The topological polar surface area (TPSA) is 58.4 Å². The van der Waals surface area contributed by atoms with Gasteiger partial charge < -0.3 is 16.0 Å². The summed E-state index contributed by atoms with van der Waals surface area (Å²) in [6, 6.07) is 11.7. The minimum atomic E-state index is -0.0586. The fourth-order valence-corrected chi connectivity index (χ4v) is 3.71. The van der Waals surface area contributed by atoms with E-state index in [2.05, 4.69) is 22.1 Å². The Hall–Kier alpha value is -1.85. The van der Waals surface area contributed by atoms with E-state index in [9.17, 15) is 4.79 Å². The number of anilines is 1. The SMILES string of the molecule is NC1CC(Cc2ccsc2)CN(C(=O)Nc2ccccc2)C1. The van der Waals surface area contributed by atoms with E-state index < -0.39 is 0 Å². The number of benzene rings is 1. The Morgan fingerprint density at radius 3 is 2.82 bits per heavy atom. The van der Waals surface area contributed by atoms with Crippen LogP contribution < -0.4 is 11.1 Å². The smallest absolute Gasteiger partial charge is 0.321 e. The lowest BCUT2D eigenvalue weighted by molar-refractivity contribution is 0.166. The number of carbonyl (C=O) groups excluding carboxylic acids is 1. The van der Waals surface area contributed by atoms with E-state index in [0.29, 0.717) is 12.5 Å². The fraction of sp³-hybridized carbons (Fsp3) is 0.353. The zero-order chi connectivity index (χ0) is 15.4. The summed E-state index contributed by atoms with van der Waals surface area (Å²) in [5, 5.41) is 7.22. The van der Waals surface area contributed by atoms with Crippen molar-refractivity contribution in [2.45, 2.75) is 18.9 Å². The summed E-state index contributed by atoms with van der Waals surface area (Å²) < 4.78 is 0. The van der Waals surface area contributed by atoms with E-state index >= 15 is 0 Å². The summed E-state index contributed by atoms with van der Waals surface area (Å²) in [4.78, 5) is 14.3. The number of hydrogen-bond acceptors (Lipinski definition) is 3. The predicted octanol–water partition coefficient (Wildman–Crippen LogP) is 3.17. The van der Waals surface area contributed by atoms with Gasteiger partial charge in [-0.2, -0.15) is 11.3 Å². The molecule has 1 aliphatic heterocycles. The van der Waals surface area contributed by atoms with Gasteiger partial charge in [-0.05, 0) is 53.3 Å². The van der Waals surface area contributed by atoms with Crippen LogP contribution in [0.3, 0.4) is 0 Å². The number of para-hydroxylation sites is 1. The number of nitrogens with one attached hydrogen (secondary N) is 1. The molecule has 22 heavy (non-hydrogen) atoms. The second-order valence-corrected chi connectivity index (χ2v) is 6.68. The third kappa shape index (κ3) is 3.87. The summed E-state index contributed by atoms with van der Waals surface area (Å²) in [6.45, 7) is 1.39. The number of nitrogens with zero attached hydrogens (tertiary/aromatic N) is 1. The van der Waals surface area contributed by atoms with Gasteiger partial charge in [-0.25, -0.2) is 4.79 Å². The molecule has 5 heteroatoms. The van der Waals surface area contributed by atoms with Crippen molar-refractivity contribution in [3.8, 4) is 0 Å². The quantitative estimate of drug-likeness (QED) is 0.914. The highest BCUT2D eigenvalue weighted by atomic mass is 32.1. The number of urea groups is 1. The zero-order valence-electron chi connectivity index (χ0n) is 12.4. The second kappa shape index (κ2) is 6.94. The predicted molar refractivity (Wildman–Crippen MR) is 91.1 cm³/mol. The first kappa shape index (κ1) is 15.1. The van der Waals surface area contributed by atoms with Crippen LogP contribution in [0.2, 0.25) is 0 Å². The first-order chi connectivity index (χ1) is 10.7. The van der Waals surface area contributed by atoms with Crippen molar-refractivity contribution in [3.63, 3.8) is 0 Å². The molecular weight excluding hydrogens is 294 g/mol. The van der Waals surface area contributed by atoms with Crippen LogP contribution >= 0.6 is 11.3 Å². The molecule has 0 saturated carbocycles. The molecule has 2 heterocycles. The van der Waals surface area contributed by atoms with Crippen LogP contribution in [-0.4, -0.2) is 30.1 Å². The van der Waals surface area contributed by atoms with Gasteiger partial charge in [-0.1, -0.05) is 18.2 Å². The lowest BCUT2D eigenvalue weighted by Gasteiger charge is -2.36. The highest BCUT2D eigenvalue weighted by Gasteiger charge is 2.28. The monoisotopic (exact) mass is 315 g/mol. The molecule has 0 spiro atoms. The molecule has 1 aromatic carbocycles. The molecule has 1 aromatic heterocycles. The molecule has 0 bridgehead atoms. The maximum atomic E-state index is 12.4. The van der Waals surface area contributed by atoms with E-state index in [1.807, 2.05) is 35.2 Å². The molecule has 1 aliphatic rings. The van der Waals surface area contributed by atoms with Crippen molar-refractivity contribution in [2.24, 2.45) is 11.7 Å².